The van der Waals surface area contributed by atoms with Crippen LogP contribution in [0, 0.1) is 11.7 Å². The molecule has 3 rings (SSSR count). The van der Waals surface area contributed by atoms with Crippen molar-refractivity contribution >= 4 is 23.2 Å². The maximum atomic E-state index is 13.2. The Hall–Kier alpha value is -2.21. The van der Waals surface area contributed by atoms with Gasteiger partial charge < -0.3 is 10.0 Å². The maximum absolute atomic E-state index is 13.2. The molecule has 126 valence electrons. The van der Waals surface area contributed by atoms with Crippen LogP contribution in [0.5, 0.6) is 0 Å². The van der Waals surface area contributed by atoms with Crippen molar-refractivity contribution < 1.29 is 19.1 Å². The number of thiophene rings is 1. The van der Waals surface area contributed by atoms with Crippen LogP contribution >= 0.6 is 11.3 Å². The summed E-state index contributed by atoms with van der Waals surface area (Å²) in [6, 6.07) is 9.18. The fraction of sp³-hybridized carbons (Fsp3) is 0.333. The number of nitrogens with zero attached hydrogens (tertiary/aromatic N) is 1. The van der Waals surface area contributed by atoms with Crippen LogP contribution in [0.25, 0.3) is 0 Å². The van der Waals surface area contributed by atoms with E-state index >= 15 is 0 Å². The molecule has 1 amide bonds. The zero-order chi connectivity index (χ0) is 17.1. The minimum atomic E-state index is -0.919. The lowest BCUT2D eigenvalue weighted by atomic mass is 9.84. The van der Waals surface area contributed by atoms with E-state index in [1.54, 1.807) is 28.4 Å². The lowest BCUT2D eigenvalue weighted by Gasteiger charge is -2.39. The summed E-state index contributed by atoms with van der Waals surface area (Å²) in [6.07, 6.45) is 1.23. The van der Waals surface area contributed by atoms with Gasteiger partial charge in [-0.1, -0.05) is 18.2 Å². The first kappa shape index (κ1) is 16.6. The summed E-state index contributed by atoms with van der Waals surface area (Å²) in [5, 5.41) is 11.5. The quantitative estimate of drug-likeness (QED) is 0.901. The number of likely N-dealkylation sites (tertiary alicyclic amines) is 1. The summed E-state index contributed by atoms with van der Waals surface area (Å²) in [5.41, 5.74) is 0.669. The van der Waals surface area contributed by atoms with Gasteiger partial charge in [-0.2, -0.15) is 0 Å². The Morgan fingerprint density at radius 1 is 1.29 bits per heavy atom. The lowest BCUT2D eigenvalue weighted by Crippen LogP contribution is -2.46. The van der Waals surface area contributed by atoms with Gasteiger partial charge in [-0.15, -0.1) is 11.3 Å². The van der Waals surface area contributed by atoms with Crippen LogP contribution in [-0.2, 0) is 16.0 Å². The number of aliphatic carboxylic acids is 1. The summed E-state index contributed by atoms with van der Waals surface area (Å²) in [5.74, 6) is -2.01. The molecule has 0 saturated carbocycles. The van der Waals surface area contributed by atoms with E-state index in [9.17, 15) is 19.1 Å². The van der Waals surface area contributed by atoms with Gasteiger partial charge in [0.25, 0.3) is 0 Å². The number of carbonyl (C=O) groups is 2. The number of rotatable bonds is 5. The number of benzene rings is 1. The van der Waals surface area contributed by atoms with Crippen LogP contribution in [0.4, 0.5) is 4.39 Å². The van der Waals surface area contributed by atoms with Gasteiger partial charge in [-0.25, -0.2) is 4.39 Å². The average Bonchev–Trinajstić information content (AvgIpc) is 3.07. The van der Waals surface area contributed by atoms with Gasteiger partial charge >= 0.3 is 5.97 Å². The molecule has 2 unspecified atom stereocenters. The number of hydrogen-bond acceptors (Lipinski definition) is 3. The molecule has 1 N–H and O–H groups in total. The van der Waals surface area contributed by atoms with Gasteiger partial charge in [-0.3, -0.25) is 9.59 Å². The molecule has 1 fully saturated rings. The van der Waals surface area contributed by atoms with Gasteiger partial charge in [-0.05, 0) is 42.0 Å². The Morgan fingerprint density at radius 2 is 2.04 bits per heavy atom. The molecule has 2 atom stereocenters. The van der Waals surface area contributed by atoms with E-state index in [-0.39, 0.29) is 18.1 Å². The fourth-order valence-electron chi connectivity index (χ4n) is 3.23. The molecule has 0 aliphatic carbocycles. The standard InChI is InChI=1S/C18H18FNO3S/c19-13-5-3-12(4-6-13)17-15(18(22)23)7-8-16(21)20(17)10-9-14-2-1-11-24-14/h1-6,11,15,17H,7-10H2,(H,22,23). The van der Waals surface area contributed by atoms with E-state index in [1.165, 1.54) is 12.1 Å². The third kappa shape index (κ3) is 3.48. The van der Waals surface area contributed by atoms with Gasteiger partial charge in [0.15, 0.2) is 0 Å². The highest BCUT2D eigenvalue weighted by Gasteiger charge is 2.40. The van der Waals surface area contributed by atoms with Gasteiger partial charge in [0.1, 0.15) is 5.82 Å². The predicted molar refractivity (Wildman–Crippen MR) is 89.2 cm³/mol. The van der Waals surface area contributed by atoms with E-state index < -0.39 is 17.9 Å². The molecule has 0 radical (unpaired) electrons. The summed E-state index contributed by atoms with van der Waals surface area (Å²) in [4.78, 5) is 26.9. The van der Waals surface area contributed by atoms with E-state index in [4.69, 9.17) is 0 Å². The first-order chi connectivity index (χ1) is 11.6. The molecular formula is C18H18FNO3S. The number of carboxylic acid groups (broad SMARTS) is 1. The largest absolute Gasteiger partial charge is 0.481 e. The molecule has 1 aliphatic rings. The summed E-state index contributed by atoms with van der Waals surface area (Å²) in [7, 11) is 0. The summed E-state index contributed by atoms with van der Waals surface area (Å²) in [6.45, 7) is 0.463. The fourth-order valence-corrected chi connectivity index (χ4v) is 3.93. The van der Waals surface area contributed by atoms with Gasteiger partial charge in [0.05, 0.1) is 12.0 Å². The highest BCUT2D eigenvalue weighted by Crippen LogP contribution is 2.37. The van der Waals surface area contributed by atoms with Gasteiger partial charge in [0.2, 0.25) is 5.91 Å². The van der Waals surface area contributed by atoms with Crippen LogP contribution in [0.1, 0.15) is 29.3 Å². The molecule has 24 heavy (non-hydrogen) atoms. The second-order valence-electron chi connectivity index (χ2n) is 5.90. The number of amides is 1. The zero-order valence-electron chi connectivity index (χ0n) is 13.0. The molecule has 2 heterocycles. The molecule has 2 aromatic rings. The number of carbonyl (C=O) groups excluding carboxylic acids is 1. The number of carboxylic acids is 1. The Kier molecular flexibility index (Phi) is 4.94. The SMILES string of the molecule is O=C(O)C1CCC(=O)N(CCc2cccs2)C1c1ccc(F)cc1. The van der Waals surface area contributed by atoms with E-state index in [0.29, 0.717) is 24.9 Å². The third-order valence-corrected chi connectivity index (χ3v) is 5.35. The van der Waals surface area contributed by atoms with Gasteiger partial charge in [0, 0.05) is 17.8 Å². The van der Waals surface area contributed by atoms with Crippen molar-refractivity contribution in [1.82, 2.24) is 4.90 Å². The topological polar surface area (TPSA) is 57.6 Å². The Bertz CT molecular complexity index is 714. The summed E-state index contributed by atoms with van der Waals surface area (Å²) >= 11 is 1.61. The van der Waals surface area contributed by atoms with E-state index in [1.807, 2.05) is 17.5 Å². The highest BCUT2D eigenvalue weighted by molar-refractivity contribution is 7.09. The Morgan fingerprint density at radius 3 is 2.67 bits per heavy atom. The molecule has 1 saturated heterocycles. The smallest absolute Gasteiger partial charge is 0.308 e. The van der Waals surface area contributed by atoms with Crippen molar-refractivity contribution in [2.75, 3.05) is 6.54 Å². The summed E-state index contributed by atoms with van der Waals surface area (Å²) < 4.78 is 13.2. The molecule has 1 aliphatic heterocycles. The highest BCUT2D eigenvalue weighted by atomic mass is 32.1. The van der Waals surface area contributed by atoms with Crippen LogP contribution in [0.2, 0.25) is 0 Å². The Labute approximate surface area is 143 Å². The number of hydrogen-bond donors (Lipinski definition) is 1. The normalized spacial score (nSPS) is 21.0. The molecule has 1 aromatic heterocycles. The first-order valence-electron chi connectivity index (χ1n) is 7.86. The van der Waals surface area contributed by atoms with Crippen molar-refractivity contribution in [3.8, 4) is 0 Å². The predicted octanol–water partition coefficient (Wildman–Crippen LogP) is 3.49. The minimum absolute atomic E-state index is 0.0432. The third-order valence-electron chi connectivity index (χ3n) is 4.41. The van der Waals surface area contributed by atoms with Crippen molar-refractivity contribution in [2.45, 2.75) is 25.3 Å². The second-order valence-corrected chi connectivity index (χ2v) is 6.93. The van der Waals surface area contributed by atoms with Crippen LogP contribution in [0.3, 0.4) is 0 Å². The van der Waals surface area contributed by atoms with Crippen LogP contribution in [0.15, 0.2) is 41.8 Å². The second kappa shape index (κ2) is 7.13. The average molecular weight is 347 g/mol. The van der Waals surface area contributed by atoms with Crippen molar-refractivity contribution in [2.24, 2.45) is 5.92 Å². The molecule has 1 aromatic carbocycles. The van der Waals surface area contributed by atoms with E-state index in [2.05, 4.69) is 0 Å². The molecular weight excluding hydrogens is 329 g/mol. The lowest BCUT2D eigenvalue weighted by molar-refractivity contribution is -0.152. The minimum Gasteiger partial charge on any atom is -0.481 e. The van der Waals surface area contributed by atoms with Crippen molar-refractivity contribution in [3.05, 3.63) is 58.0 Å². The van der Waals surface area contributed by atoms with Crippen LogP contribution < -0.4 is 0 Å². The Balaban J connectivity index is 1.89. The van der Waals surface area contributed by atoms with Crippen molar-refractivity contribution in [1.29, 1.82) is 0 Å². The molecule has 0 bridgehead atoms. The number of piperidine rings is 1. The molecule has 4 nitrogen and oxygen atoms in total. The maximum Gasteiger partial charge on any atom is 0.308 e. The van der Waals surface area contributed by atoms with Crippen molar-refractivity contribution in [3.63, 3.8) is 0 Å². The number of halogens is 1. The first-order valence-corrected chi connectivity index (χ1v) is 8.74. The van der Waals surface area contributed by atoms with Crippen LogP contribution in [-0.4, -0.2) is 28.4 Å². The molecule has 6 heteroatoms. The molecule has 0 spiro atoms. The zero-order valence-corrected chi connectivity index (χ0v) is 13.8. The monoisotopic (exact) mass is 347 g/mol. The van der Waals surface area contributed by atoms with E-state index in [0.717, 1.165) is 4.88 Å².